The molecular formula is C20H22N4O2. The van der Waals surface area contributed by atoms with Crippen LogP contribution < -0.4 is 5.32 Å². The maximum Gasteiger partial charge on any atom is 0.310 e. The van der Waals surface area contributed by atoms with Crippen molar-refractivity contribution in [3.63, 3.8) is 0 Å². The van der Waals surface area contributed by atoms with Gasteiger partial charge in [-0.2, -0.15) is 0 Å². The Kier molecular flexibility index (Phi) is 5.41. The van der Waals surface area contributed by atoms with Crippen molar-refractivity contribution in [2.24, 2.45) is 5.92 Å². The van der Waals surface area contributed by atoms with Gasteiger partial charge in [-0.25, -0.2) is 9.97 Å². The van der Waals surface area contributed by atoms with Gasteiger partial charge in [0.1, 0.15) is 5.82 Å². The lowest BCUT2D eigenvalue weighted by Gasteiger charge is -2.16. The summed E-state index contributed by atoms with van der Waals surface area (Å²) in [4.78, 5) is 25.4. The summed E-state index contributed by atoms with van der Waals surface area (Å²) in [5.41, 5.74) is 1.68. The highest BCUT2D eigenvalue weighted by Crippen LogP contribution is 2.24. The van der Waals surface area contributed by atoms with Gasteiger partial charge in [0, 0.05) is 29.9 Å². The average Bonchev–Trinajstić information content (AvgIpc) is 2.65. The van der Waals surface area contributed by atoms with E-state index in [2.05, 4.69) is 20.3 Å². The number of benzene rings is 1. The molecule has 0 aliphatic carbocycles. The molecule has 1 unspecified atom stereocenters. The Morgan fingerprint density at radius 1 is 1.12 bits per heavy atom. The zero-order valence-electron chi connectivity index (χ0n) is 15.1. The lowest BCUT2D eigenvalue weighted by atomic mass is 10.1. The van der Waals surface area contributed by atoms with Gasteiger partial charge in [-0.05, 0) is 38.1 Å². The molecule has 0 saturated heterocycles. The van der Waals surface area contributed by atoms with Gasteiger partial charge >= 0.3 is 5.97 Å². The molecule has 0 bridgehead atoms. The van der Waals surface area contributed by atoms with Crippen LogP contribution in [0.15, 0.2) is 48.8 Å². The summed E-state index contributed by atoms with van der Waals surface area (Å²) in [6.45, 7) is 5.95. The molecule has 0 fully saturated rings. The van der Waals surface area contributed by atoms with Crippen molar-refractivity contribution in [1.29, 1.82) is 0 Å². The Morgan fingerprint density at radius 2 is 1.92 bits per heavy atom. The standard InChI is InChI=1S/C20H22N4O2/c1-13(2)26-20(25)14(3)11-22-19-16-8-4-5-9-17(16)23-18(24-19)15-7-6-10-21-12-15/h4-10,12-14H,11H2,1-3H3,(H,22,23,24). The minimum absolute atomic E-state index is 0.123. The normalized spacial score (nSPS) is 12.2. The van der Waals surface area contributed by atoms with Crippen LogP contribution >= 0.6 is 0 Å². The largest absolute Gasteiger partial charge is 0.463 e. The third kappa shape index (κ3) is 4.14. The summed E-state index contributed by atoms with van der Waals surface area (Å²) in [5, 5.41) is 4.19. The van der Waals surface area contributed by atoms with Crippen molar-refractivity contribution in [2.75, 3.05) is 11.9 Å². The molecule has 6 nitrogen and oxygen atoms in total. The molecule has 0 aliphatic rings. The van der Waals surface area contributed by atoms with E-state index in [1.54, 1.807) is 12.4 Å². The van der Waals surface area contributed by atoms with Gasteiger partial charge in [-0.15, -0.1) is 0 Å². The van der Waals surface area contributed by atoms with E-state index in [4.69, 9.17) is 4.74 Å². The van der Waals surface area contributed by atoms with Gasteiger partial charge in [0.15, 0.2) is 5.82 Å². The van der Waals surface area contributed by atoms with Gasteiger partial charge in [0.05, 0.1) is 17.5 Å². The number of hydrogen-bond acceptors (Lipinski definition) is 6. The number of carbonyl (C=O) groups excluding carboxylic acids is 1. The van der Waals surface area contributed by atoms with Gasteiger partial charge < -0.3 is 10.1 Å². The third-order valence-corrected chi connectivity index (χ3v) is 3.85. The predicted octanol–water partition coefficient (Wildman–Crippen LogP) is 3.69. The number of aromatic nitrogens is 3. The molecular weight excluding hydrogens is 328 g/mol. The molecule has 26 heavy (non-hydrogen) atoms. The zero-order valence-corrected chi connectivity index (χ0v) is 15.1. The van der Waals surface area contributed by atoms with E-state index >= 15 is 0 Å². The van der Waals surface area contributed by atoms with E-state index in [0.717, 1.165) is 16.5 Å². The van der Waals surface area contributed by atoms with Gasteiger partial charge in [0.25, 0.3) is 0 Å². The number of hydrogen-bond donors (Lipinski definition) is 1. The molecule has 3 rings (SSSR count). The SMILES string of the molecule is CC(C)OC(=O)C(C)CNc1nc(-c2cccnc2)nc2ccccc12. The maximum absolute atomic E-state index is 12.0. The summed E-state index contributed by atoms with van der Waals surface area (Å²) < 4.78 is 5.26. The van der Waals surface area contributed by atoms with Crippen molar-refractivity contribution < 1.29 is 9.53 Å². The summed E-state index contributed by atoms with van der Waals surface area (Å²) in [6.07, 6.45) is 3.32. The Labute approximate surface area is 152 Å². The Hall–Kier alpha value is -3.02. The fourth-order valence-corrected chi connectivity index (χ4v) is 2.52. The fourth-order valence-electron chi connectivity index (χ4n) is 2.52. The fraction of sp³-hybridized carbons (Fsp3) is 0.300. The molecule has 1 atom stereocenters. The molecule has 0 radical (unpaired) electrons. The predicted molar refractivity (Wildman–Crippen MR) is 102 cm³/mol. The van der Waals surface area contributed by atoms with Crippen molar-refractivity contribution in [3.8, 4) is 11.4 Å². The first-order valence-electron chi connectivity index (χ1n) is 8.66. The molecule has 2 aromatic heterocycles. The van der Waals surface area contributed by atoms with Gasteiger partial charge in [-0.1, -0.05) is 19.1 Å². The van der Waals surface area contributed by atoms with Crippen LogP contribution in [0.5, 0.6) is 0 Å². The van der Waals surface area contributed by atoms with Crippen molar-refractivity contribution in [3.05, 3.63) is 48.8 Å². The molecule has 2 heterocycles. The number of esters is 1. The smallest absolute Gasteiger partial charge is 0.310 e. The van der Waals surface area contributed by atoms with E-state index in [0.29, 0.717) is 18.2 Å². The van der Waals surface area contributed by atoms with Crippen molar-refractivity contribution in [2.45, 2.75) is 26.9 Å². The summed E-state index contributed by atoms with van der Waals surface area (Å²) in [5.74, 6) is 0.779. The Morgan fingerprint density at radius 3 is 2.65 bits per heavy atom. The van der Waals surface area contributed by atoms with Crippen LogP contribution in [-0.4, -0.2) is 33.6 Å². The topological polar surface area (TPSA) is 77.0 Å². The monoisotopic (exact) mass is 350 g/mol. The van der Waals surface area contributed by atoms with Gasteiger partial charge in [-0.3, -0.25) is 9.78 Å². The van der Waals surface area contributed by atoms with Crippen LogP contribution in [0.3, 0.4) is 0 Å². The lowest BCUT2D eigenvalue weighted by molar-refractivity contribution is -0.151. The number of carbonyl (C=O) groups is 1. The second kappa shape index (κ2) is 7.91. The molecule has 0 aliphatic heterocycles. The highest BCUT2D eigenvalue weighted by molar-refractivity contribution is 5.90. The second-order valence-corrected chi connectivity index (χ2v) is 6.42. The zero-order chi connectivity index (χ0) is 18.5. The molecule has 1 aromatic carbocycles. The number of nitrogens with zero attached hydrogens (tertiary/aromatic N) is 3. The average molecular weight is 350 g/mol. The summed E-state index contributed by atoms with van der Waals surface area (Å²) >= 11 is 0. The van der Waals surface area contributed by atoms with E-state index < -0.39 is 0 Å². The third-order valence-electron chi connectivity index (χ3n) is 3.85. The second-order valence-electron chi connectivity index (χ2n) is 6.42. The van der Waals surface area contributed by atoms with Crippen LogP contribution in [0, 0.1) is 5.92 Å². The summed E-state index contributed by atoms with van der Waals surface area (Å²) in [7, 11) is 0. The molecule has 134 valence electrons. The lowest BCUT2D eigenvalue weighted by Crippen LogP contribution is -2.25. The van der Waals surface area contributed by atoms with E-state index in [1.807, 2.05) is 57.2 Å². The van der Waals surface area contributed by atoms with Crippen LogP contribution in [-0.2, 0) is 9.53 Å². The number of rotatable bonds is 6. The van der Waals surface area contributed by atoms with Crippen LogP contribution in [0.2, 0.25) is 0 Å². The number of para-hydroxylation sites is 1. The highest BCUT2D eigenvalue weighted by atomic mass is 16.5. The minimum Gasteiger partial charge on any atom is -0.463 e. The van der Waals surface area contributed by atoms with E-state index in [9.17, 15) is 4.79 Å². The molecule has 0 saturated carbocycles. The molecule has 3 aromatic rings. The van der Waals surface area contributed by atoms with E-state index in [-0.39, 0.29) is 18.0 Å². The quantitative estimate of drug-likeness (QED) is 0.683. The number of nitrogens with one attached hydrogen (secondary N) is 1. The highest BCUT2D eigenvalue weighted by Gasteiger charge is 2.17. The first-order valence-corrected chi connectivity index (χ1v) is 8.66. The van der Waals surface area contributed by atoms with Crippen molar-refractivity contribution >= 4 is 22.7 Å². The minimum atomic E-state index is -0.284. The Bertz CT molecular complexity index is 897. The van der Waals surface area contributed by atoms with Crippen LogP contribution in [0.4, 0.5) is 5.82 Å². The van der Waals surface area contributed by atoms with Crippen LogP contribution in [0.1, 0.15) is 20.8 Å². The Balaban J connectivity index is 1.88. The number of anilines is 1. The first kappa shape index (κ1) is 17.8. The van der Waals surface area contributed by atoms with Crippen molar-refractivity contribution in [1.82, 2.24) is 15.0 Å². The first-order chi connectivity index (χ1) is 12.5. The number of fused-ring (bicyclic) bond motifs is 1. The van der Waals surface area contributed by atoms with Crippen LogP contribution in [0.25, 0.3) is 22.3 Å². The maximum atomic E-state index is 12.0. The molecule has 1 N–H and O–H groups in total. The van der Waals surface area contributed by atoms with E-state index in [1.165, 1.54) is 0 Å². The molecule has 0 amide bonds. The number of pyridine rings is 1. The molecule has 6 heteroatoms. The molecule has 0 spiro atoms. The van der Waals surface area contributed by atoms with Gasteiger partial charge in [0.2, 0.25) is 0 Å². The number of ether oxygens (including phenoxy) is 1. The summed E-state index contributed by atoms with van der Waals surface area (Å²) in [6, 6.07) is 11.6.